The van der Waals surface area contributed by atoms with Gasteiger partial charge in [0.15, 0.2) is 0 Å². The largest absolute Gasteiger partial charge is 0.306 e. The van der Waals surface area contributed by atoms with Gasteiger partial charge >= 0.3 is 0 Å². The highest BCUT2D eigenvalue weighted by molar-refractivity contribution is 6.30. The van der Waals surface area contributed by atoms with Crippen LogP contribution in [0.1, 0.15) is 43.0 Å². The first-order valence-electron chi connectivity index (χ1n) is 7.25. The summed E-state index contributed by atoms with van der Waals surface area (Å²) < 4.78 is 0. The van der Waals surface area contributed by atoms with Gasteiger partial charge in [0.2, 0.25) is 0 Å². The van der Waals surface area contributed by atoms with Gasteiger partial charge in [-0.15, -0.1) is 0 Å². The van der Waals surface area contributed by atoms with E-state index >= 15 is 0 Å². The Hall–Kier alpha value is -1.31. The van der Waals surface area contributed by atoms with E-state index < -0.39 is 0 Å². The highest BCUT2D eigenvalue weighted by Crippen LogP contribution is 2.16. The fraction of sp³-hybridized carbons (Fsp3) is 0.333. The van der Waals surface area contributed by atoms with Crippen molar-refractivity contribution < 1.29 is 0 Å². The minimum atomic E-state index is 0.338. The van der Waals surface area contributed by atoms with Crippen molar-refractivity contribution >= 4 is 11.6 Å². The predicted molar refractivity (Wildman–Crippen MR) is 87.1 cm³/mol. The summed E-state index contributed by atoms with van der Waals surface area (Å²) in [4.78, 5) is 0. The summed E-state index contributed by atoms with van der Waals surface area (Å²) in [5.41, 5.74) is 3.96. The molecule has 0 bridgehead atoms. The lowest BCUT2D eigenvalue weighted by Crippen LogP contribution is -2.18. The lowest BCUT2D eigenvalue weighted by atomic mass is 10.0. The van der Waals surface area contributed by atoms with Crippen LogP contribution in [0, 0.1) is 0 Å². The average molecular weight is 288 g/mol. The molecule has 0 aliphatic rings. The Labute approximate surface area is 127 Å². The highest BCUT2D eigenvalue weighted by Gasteiger charge is 2.05. The van der Waals surface area contributed by atoms with E-state index in [1.165, 1.54) is 23.1 Å². The van der Waals surface area contributed by atoms with E-state index in [1.54, 1.807) is 0 Å². The summed E-state index contributed by atoms with van der Waals surface area (Å²) in [6, 6.07) is 17.2. The van der Waals surface area contributed by atoms with Gasteiger partial charge in [-0.05, 0) is 42.2 Å². The summed E-state index contributed by atoms with van der Waals surface area (Å²) in [6.45, 7) is 5.24. The van der Waals surface area contributed by atoms with E-state index in [2.05, 4.69) is 49.5 Å². The van der Waals surface area contributed by atoms with Crippen LogP contribution in [0.2, 0.25) is 5.02 Å². The Morgan fingerprint density at radius 3 is 2.45 bits per heavy atom. The molecule has 0 fully saturated rings. The van der Waals surface area contributed by atoms with Gasteiger partial charge in [-0.2, -0.15) is 0 Å². The van der Waals surface area contributed by atoms with Crippen LogP contribution in [0.3, 0.4) is 0 Å². The van der Waals surface area contributed by atoms with Crippen LogP contribution in [0.25, 0.3) is 0 Å². The van der Waals surface area contributed by atoms with E-state index in [4.69, 9.17) is 11.6 Å². The predicted octanol–water partition coefficient (Wildman–Crippen LogP) is 5.14. The Morgan fingerprint density at radius 1 is 1.05 bits per heavy atom. The van der Waals surface area contributed by atoms with Crippen LogP contribution in [-0.2, 0) is 13.0 Å². The minimum Gasteiger partial charge on any atom is -0.306 e. The molecule has 106 valence electrons. The summed E-state index contributed by atoms with van der Waals surface area (Å²) in [5.74, 6) is 0. The van der Waals surface area contributed by atoms with Gasteiger partial charge in [-0.25, -0.2) is 0 Å². The van der Waals surface area contributed by atoms with Gasteiger partial charge in [-0.3, -0.25) is 0 Å². The lowest BCUT2D eigenvalue weighted by molar-refractivity contribution is 0.574. The van der Waals surface area contributed by atoms with Gasteiger partial charge in [0.1, 0.15) is 0 Å². The third-order valence-electron chi connectivity index (χ3n) is 3.52. The molecule has 1 N–H and O–H groups in total. The average Bonchev–Trinajstić information content (AvgIpc) is 2.46. The zero-order valence-electron chi connectivity index (χ0n) is 12.2. The summed E-state index contributed by atoms with van der Waals surface area (Å²) >= 11 is 6.00. The molecule has 0 radical (unpaired) electrons. The van der Waals surface area contributed by atoms with E-state index in [-0.39, 0.29) is 0 Å². The SMILES string of the molecule is CCCc1ccc(C(C)NCc2cccc(Cl)c2)cc1. The molecule has 0 aliphatic carbocycles. The van der Waals surface area contributed by atoms with Crippen molar-refractivity contribution in [2.24, 2.45) is 0 Å². The van der Waals surface area contributed by atoms with E-state index in [0.717, 1.165) is 18.0 Å². The van der Waals surface area contributed by atoms with Crippen LogP contribution >= 0.6 is 11.6 Å². The van der Waals surface area contributed by atoms with Gasteiger partial charge in [0.25, 0.3) is 0 Å². The fourth-order valence-corrected chi connectivity index (χ4v) is 2.51. The third kappa shape index (κ3) is 4.36. The third-order valence-corrected chi connectivity index (χ3v) is 3.75. The minimum absolute atomic E-state index is 0.338. The smallest absolute Gasteiger partial charge is 0.0409 e. The second-order valence-electron chi connectivity index (χ2n) is 5.22. The maximum atomic E-state index is 6.00. The summed E-state index contributed by atoms with van der Waals surface area (Å²) in [5, 5.41) is 4.33. The lowest BCUT2D eigenvalue weighted by Gasteiger charge is -2.15. The second-order valence-corrected chi connectivity index (χ2v) is 5.66. The van der Waals surface area contributed by atoms with Crippen molar-refractivity contribution in [3.63, 3.8) is 0 Å². The number of benzene rings is 2. The molecule has 20 heavy (non-hydrogen) atoms. The Balaban J connectivity index is 1.92. The monoisotopic (exact) mass is 287 g/mol. The Morgan fingerprint density at radius 2 is 1.80 bits per heavy atom. The van der Waals surface area contributed by atoms with Crippen LogP contribution in [0.15, 0.2) is 48.5 Å². The number of hydrogen-bond acceptors (Lipinski definition) is 1. The highest BCUT2D eigenvalue weighted by atomic mass is 35.5. The Bertz CT molecular complexity index is 533. The van der Waals surface area contributed by atoms with E-state index in [1.807, 2.05) is 18.2 Å². The standard InChI is InChI=1S/C18H22ClN/c1-3-5-15-8-10-17(11-9-15)14(2)20-13-16-6-4-7-18(19)12-16/h4,6-12,14,20H,3,5,13H2,1-2H3. The molecule has 0 aliphatic heterocycles. The molecule has 2 aromatic rings. The normalized spacial score (nSPS) is 12.3. The van der Waals surface area contributed by atoms with Crippen molar-refractivity contribution in [2.45, 2.75) is 39.3 Å². The van der Waals surface area contributed by atoms with Crippen LogP contribution in [0.4, 0.5) is 0 Å². The molecule has 0 saturated heterocycles. The molecule has 0 heterocycles. The van der Waals surface area contributed by atoms with Crippen molar-refractivity contribution in [1.29, 1.82) is 0 Å². The molecule has 2 aromatic carbocycles. The van der Waals surface area contributed by atoms with Gasteiger partial charge in [-0.1, -0.05) is 61.3 Å². The number of rotatable bonds is 6. The molecule has 1 unspecified atom stereocenters. The zero-order valence-corrected chi connectivity index (χ0v) is 13.0. The molecule has 2 rings (SSSR count). The second kappa shape index (κ2) is 7.47. The maximum Gasteiger partial charge on any atom is 0.0409 e. The molecule has 1 atom stereocenters. The number of aryl methyl sites for hydroxylation is 1. The van der Waals surface area contributed by atoms with Crippen LogP contribution < -0.4 is 5.32 Å². The topological polar surface area (TPSA) is 12.0 Å². The quantitative estimate of drug-likeness (QED) is 0.775. The molecule has 2 heteroatoms. The molecule has 1 nitrogen and oxygen atoms in total. The molecular formula is C18H22ClN. The van der Waals surface area contributed by atoms with Crippen LogP contribution in [0.5, 0.6) is 0 Å². The van der Waals surface area contributed by atoms with Gasteiger partial charge in [0, 0.05) is 17.6 Å². The molecule has 0 saturated carbocycles. The van der Waals surface area contributed by atoms with Crippen molar-refractivity contribution in [3.05, 3.63) is 70.2 Å². The Kier molecular flexibility index (Phi) is 5.63. The number of hydrogen-bond donors (Lipinski definition) is 1. The molecule has 0 amide bonds. The van der Waals surface area contributed by atoms with Crippen molar-refractivity contribution in [3.8, 4) is 0 Å². The van der Waals surface area contributed by atoms with Crippen LogP contribution in [-0.4, -0.2) is 0 Å². The summed E-state index contributed by atoms with van der Waals surface area (Å²) in [6.07, 6.45) is 2.35. The van der Waals surface area contributed by atoms with Gasteiger partial charge in [0.05, 0.1) is 0 Å². The van der Waals surface area contributed by atoms with E-state index in [0.29, 0.717) is 6.04 Å². The van der Waals surface area contributed by atoms with Crippen molar-refractivity contribution in [1.82, 2.24) is 5.32 Å². The molecule has 0 spiro atoms. The summed E-state index contributed by atoms with van der Waals surface area (Å²) in [7, 11) is 0. The molecule has 0 aromatic heterocycles. The first-order valence-corrected chi connectivity index (χ1v) is 7.63. The van der Waals surface area contributed by atoms with E-state index in [9.17, 15) is 0 Å². The molecular weight excluding hydrogens is 266 g/mol. The van der Waals surface area contributed by atoms with Gasteiger partial charge < -0.3 is 5.32 Å². The van der Waals surface area contributed by atoms with Crippen molar-refractivity contribution in [2.75, 3.05) is 0 Å². The fourth-order valence-electron chi connectivity index (χ4n) is 2.30. The number of nitrogens with one attached hydrogen (secondary N) is 1. The number of halogens is 1. The first kappa shape index (κ1) is 15.1. The zero-order chi connectivity index (χ0) is 14.4. The first-order chi connectivity index (χ1) is 9.69. The maximum absolute atomic E-state index is 6.00.